The van der Waals surface area contributed by atoms with E-state index in [2.05, 4.69) is 51.6 Å². The number of nitrogens with zero attached hydrogens (tertiary/aromatic N) is 2. The van der Waals surface area contributed by atoms with E-state index in [1.54, 1.807) is 0 Å². The van der Waals surface area contributed by atoms with Crippen LogP contribution in [0.4, 0.5) is 0 Å². The number of nitrogens with one attached hydrogen (secondary N) is 2. The van der Waals surface area contributed by atoms with Gasteiger partial charge in [0.1, 0.15) is 0 Å². The van der Waals surface area contributed by atoms with Gasteiger partial charge in [-0.3, -0.25) is 5.41 Å². The zero-order valence-electron chi connectivity index (χ0n) is 16.9. The largest absolute Gasteiger partial charge is 0.336 e. The molecule has 1 unspecified atom stereocenters. The van der Waals surface area contributed by atoms with Gasteiger partial charge in [-0.2, -0.15) is 0 Å². The first-order valence-corrected chi connectivity index (χ1v) is 10.6. The number of hydrogen-bond acceptors (Lipinski definition) is 2. The van der Waals surface area contributed by atoms with Crippen molar-refractivity contribution in [3.63, 3.8) is 0 Å². The van der Waals surface area contributed by atoms with E-state index in [-0.39, 0.29) is 11.2 Å². The molecular formula is C23H26Cl2N4. The van der Waals surface area contributed by atoms with E-state index in [1.165, 1.54) is 12.0 Å². The average molecular weight is 429 g/mol. The lowest BCUT2D eigenvalue weighted by Crippen LogP contribution is -2.00. The molecule has 0 spiro atoms. The van der Waals surface area contributed by atoms with Gasteiger partial charge in [0, 0.05) is 45.7 Å². The quantitative estimate of drug-likeness (QED) is 0.134. The summed E-state index contributed by atoms with van der Waals surface area (Å²) in [6.45, 7) is 4.80. The van der Waals surface area contributed by atoms with Crippen LogP contribution in [-0.2, 0) is 6.54 Å². The van der Waals surface area contributed by atoms with Crippen LogP contribution in [0.1, 0.15) is 25.8 Å². The zero-order valence-corrected chi connectivity index (χ0v) is 18.4. The summed E-state index contributed by atoms with van der Waals surface area (Å²) >= 11 is 10.7. The number of halogens is 2. The number of fused-ring (bicyclic) bond motifs is 3. The maximum atomic E-state index is 7.83. The molecule has 1 heterocycles. The standard InChI is InChI=1S/C22H23ClN4.CH3Cl/c1-3-16(8-6-7-15(2)23)14-27-20-10-5-4-9-18(20)19-13-17(22(24)26-25)11-12-21(19)27;1-2/h3-6,8-13,15,24-25H,7,14H2,1-2H3;1H3/b8-6-,16-3+,24-22?,26-25?;. The lowest BCUT2D eigenvalue weighted by atomic mass is 10.1. The van der Waals surface area contributed by atoms with Crippen LogP contribution in [-0.4, -0.2) is 22.2 Å². The minimum Gasteiger partial charge on any atom is -0.336 e. The number of benzene rings is 2. The summed E-state index contributed by atoms with van der Waals surface area (Å²) < 4.78 is 2.29. The number of amidine groups is 1. The highest BCUT2D eigenvalue weighted by molar-refractivity contribution is 6.20. The summed E-state index contributed by atoms with van der Waals surface area (Å²) in [5.41, 5.74) is 11.2. The van der Waals surface area contributed by atoms with Crippen LogP contribution >= 0.6 is 23.2 Å². The first kappa shape index (κ1) is 22.9. The first-order valence-electron chi connectivity index (χ1n) is 9.36. The molecule has 3 aromatic rings. The molecule has 0 radical (unpaired) electrons. The molecule has 29 heavy (non-hydrogen) atoms. The molecule has 1 atom stereocenters. The number of rotatable bonds is 6. The number of hydrogen-bond donors (Lipinski definition) is 2. The summed E-state index contributed by atoms with van der Waals surface area (Å²) in [7, 11) is 0. The van der Waals surface area contributed by atoms with Crippen molar-refractivity contribution in [2.75, 3.05) is 6.38 Å². The van der Waals surface area contributed by atoms with Crippen LogP contribution in [0.2, 0.25) is 0 Å². The lowest BCUT2D eigenvalue weighted by Gasteiger charge is -2.09. The topological polar surface area (TPSA) is 65.0 Å². The second-order valence-corrected chi connectivity index (χ2v) is 7.32. The van der Waals surface area contributed by atoms with Gasteiger partial charge in [-0.25, -0.2) is 5.53 Å². The summed E-state index contributed by atoms with van der Waals surface area (Å²) in [5, 5.41) is 13.4. The van der Waals surface area contributed by atoms with Gasteiger partial charge in [0.15, 0.2) is 5.84 Å². The highest BCUT2D eigenvalue weighted by atomic mass is 35.5. The van der Waals surface area contributed by atoms with Gasteiger partial charge < -0.3 is 4.57 Å². The number of allylic oxidation sites excluding steroid dienone is 4. The van der Waals surface area contributed by atoms with Crippen molar-refractivity contribution in [3.8, 4) is 0 Å². The van der Waals surface area contributed by atoms with E-state index >= 15 is 0 Å². The van der Waals surface area contributed by atoms with Crippen molar-refractivity contribution in [1.82, 2.24) is 4.57 Å². The van der Waals surface area contributed by atoms with E-state index in [1.807, 2.05) is 44.2 Å². The Morgan fingerprint density at radius 1 is 1.14 bits per heavy atom. The summed E-state index contributed by atoms with van der Waals surface area (Å²) in [6.07, 6.45) is 8.70. The normalized spacial score (nSPS) is 12.8. The Morgan fingerprint density at radius 2 is 1.83 bits per heavy atom. The van der Waals surface area contributed by atoms with Crippen molar-refractivity contribution in [1.29, 1.82) is 10.9 Å². The minimum atomic E-state index is -0.0269. The molecule has 0 amide bonds. The molecule has 0 aliphatic carbocycles. The van der Waals surface area contributed by atoms with Crippen molar-refractivity contribution in [2.45, 2.75) is 32.2 Å². The number of para-hydroxylation sites is 1. The van der Waals surface area contributed by atoms with Crippen LogP contribution in [0, 0.1) is 10.9 Å². The van der Waals surface area contributed by atoms with Gasteiger partial charge in [-0.1, -0.05) is 36.4 Å². The molecule has 0 saturated carbocycles. The van der Waals surface area contributed by atoms with Crippen molar-refractivity contribution in [2.24, 2.45) is 5.11 Å². The number of alkyl halides is 2. The fourth-order valence-electron chi connectivity index (χ4n) is 3.27. The van der Waals surface area contributed by atoms with Crippen molar-refractivity contribution < 1.29 is 0 Å². The van der Waals surface area contributed by atoms with Crippen molar-refractivity contribution >= 4 is 50.8 Å². The summed E-state index contributed by atoms with van der Waals surface area (Å²) in [4.78, 5) is 0. The number of aromatic nitrogens is 1. The van der Waals surface area contributed by atoms with E-state index < -0.39 is 0 Å². The second-order valence-electron chi connectivity index (χ2n) is 6.58. The fraction of sp³-hybridized carbons (Fsp3) is 0.261. The van der Waals surface area contributed by atoms with Gasteiger partial charge in [0.2, 0.25) is 0 Å². The van der Waals surface area contributed by atoms with E-state index in [4.69, 9.17) is 22.5 Å². The van der Waals surface area contributed by atoms with Crippen LogP contribution in [0.15, 0.2) is 71.4 Å². The molecule has 0 bridgehead atoms. The van der Waals surface area contributed by atoms with Gasteiger partial charge >= 0.3 is 0 Å². The monoisotopic (exact) mass is 428 g/mol. The van der Waals surface area contributed by atoms with E-state index in [0.29, 0.717) is 5.56 Å². The van der Waals surface area contributed by atoms with E-state index in [0.717, 1.165) is 34.8 Å². The third kappa shape index (κ3) is 5.34. The Morgan fingerprint density at radius 3 is 2.48 bits per heavy atom. The minimum absolute atomic E-state index is 0.0269. The van der Waals surface area contributed by atoms with Crippen LogP contribution in [0.3, 0.4) is 0 Å². The molecule has 4 nitrogen and oxygen atoms in total. The molecule has 2 aromatic carbocycles. The Balaban J connectivity index is 0.00000145. The SMILES string of the molecule is C/C=C(\C=C/CC(C)Cl)Cn1c2ccccc2c2cc(C(=N)N=N)ccc21.CCl. The Kier molecular flexibility index (Phi) is 8.62. The second kappa shape index (κ2) is 10.9. The molecule has 0 fully saturated rings. The average Bonchev–Trinajstić information content (AvgIpc) is 3.06. The third-order valence-corrected chi connectivity index (χ3v) is 4.84. The summed E-state index contributed by atoms with van der Waals surface area (Å²) in [5.74, 6) is -0.0269. The highest BCUT2D eigenvalue weighted by Crippen LogP contribution is 2.30. The van der Waals surface area contributed by atoms with Gasteiger partial charge in [-0.05, 0) is 50.1 Å². The molecule has 0 aliphatic rings. The van der Waals surface area contributed by atoms with Crippen LogP contribution in [0.25, 0.3) is 21.8 Å². The smallest absolute Gasteiger partial charge is 0.173 e. The molecule has 3 rings (SSSR count). The first-order chi connectivity index (χ1) is 14.0. The Hall–Kier alpha value is -2.43. The van der Waals surface area contributed by atoms with Gasteiger partial charge in [0.05, 0.1) is 0 Å². The highest BCUT2D eigenvalue weighted by Gasteiger charge is 2.12. The molecular weight excluding hydrogens is 403 g/mol. The van der Waals surface area contributed by atoms with Gasteiger partial charge in [-0.15, -0.1) is 28.3 Å². The maximum Gasteiger partial charge on any atom is 0.173 e. The maximum absolute atomic E-state index is 7.83. The molecule has 0 saturated heterocycles. The van der Waals surface area contributed by atoms with Crippen molar-refractivity contribution in [3.05, 3.63) is 71.8 Å². The molecule has 0 aliphatic heterocycles. The molecule has 1 aromatic heterocycles. The molecule has 6 heteroatoms. The molecule has 152 valence electrons. The van der Waals surface area contributed by atoms with E-state index in [9.17, 15) is 0 Å². The van der Waals surface area contributed by atoms with Gasteiger partial charge in [0.25, 0.3) is 0 Å². The Bertz CT molecular complexity index is 1060. The van der Waals surface area contributed by atoms with Crippen LogP contribution < -0.4 is 0 Å². The van der Waals surface area contributed by atoms with Crippen LogP contribution in [0.5, 0.6) is 0 Å². The fourth-order valence-corrected chi connectivity index (χ4v) is 3.37. The Labute approximate surface area is 181 Å². The zero-order chi connectivity index (χ0) is 21.4. The summed E-state index contributed by atoms with van der Waals surface area (Å²) in [6, 6.07) is 14.1. The third-order valence-electron chi connectivity index (χ3n) is 4.66. The predicted molar refractivity (Wildman–Crippen MR) is 126 cm³/mol. The lowest BCUT2D eigenvalue weighted by molar-refractivity contribution is 0.863. The molecule has 2 N–H and O–H groups in total. The predicted octanol–water partition coefficient (Wildman–Crippen LogP) is 7.53.